The lowest BCUT2D eigenvalue weighted by molar-refractivity contribution is 0.795. The molecular weight excluding hydrogens is 484 g/mol. The highest BCUT2D eigenvalue weighted by Gasteiger charge is 2.04. The zero-order chi connectivity index (χ0) is 27.6. The summed E-state index contributed by atoms with van der Waals surface area (Å²) in [6, 6.07) is 43.8. The fourth-order valence-electron chi connectivity index (χ4n) is 4.97. The maximum Gasteiger partial charge on any atom is 0.0384 e. The van der Waals surface area contributed by atoms with E-state index in [1.807, 2.05) is 0 Å². The number of unbranched alkanes of at least 4 members (excludes halogenated alkanes) is 2. The predicted molar refractivity (Wildman–Crippen MR) is 174 cm³/mol. The lowest BCUT2D eigenvalue weighted by Crippen LogP contribution is -1.92. The molecule has 0 radical (unpaired) electrons. The Kier molecular flexibility index (Phi) is 9.32. The van der Waals surface area contributed by atoms with E-state index in [0.29, 0.717) is 0 Å². The predicted octanol–water partition coefficient (Wildman–Crippen LogP) is 11.2. The Bertz CT molecular complexity index is 1350. The fourth-order valence-corrected chi connectivity index (χ4v) is 4.97. The van der Waals surface area contributed by atoms with Crippen molar-refractivity contribution >= 4 is 22.7 Å². The van der Waals surface area contributed by atoms with Crippen LogP contribution in [0.15, 0.2) is 121 Å². The minimum Gasteiger partial charge on any atom is -0.356 e. The van der Waals surface area contributed by atoms with Crippen LogP contribution in [0.3, 0.4) is 0 Å². The van der Waals surface area contributed by atoms with E-state index in [1.54, 1.807) is 0 Å². The van der Waals surface area contributed by atoms with Gasteiger partial charge in [-0.1, -0.05) is 93.4 Å². The smallest absolute Gasteiger partial charge is 0.0384 e. The zero-order valence-corrected chi connectivity index (χ0v) is 23.8. The van der Waals surface area contributed by atoms with Crippen molar-refractivity contribution in [2.45, 2.75) is 52.4 Å². The molecule has 0 aliphatic rings. The van der Waals surface area contributed by atoms with Gasteiger partial charge in [0.15, 0.2) is 0 Å². The van der Waals surface area contributed by atoms with Gasteiger partial charge in [0.1, 0.15) is 0 Å². The first-order valence-electron chi connectivity index (χ1n) is 14.7. The summed E-state index contributed by atoms with van der Waals surface area (Å²) >= 11 is 0. The molecule has 0 aliphatic carbocycles. The minimum absolute atomic E-state index is 1.10. The van der Waals surface area contributed by atoms with Gasteiger partial charge in [-0.25, -0.2) is 0 Å². The van der Waals surface area contributed by atoms with E-state index < -0.39 is 0 Å². The maximum absolute atomic E-state index is 3.53. The summed E-state index contributed by atoms with van der Waals surface area (Å²) in [7, 11) is 0. The number of benzene rings is 5. The first-order valence-corrected chi connectivity index (χ1v) is 14.7. The van der Waals surface area contributed by atoms with Crippen molar-refractivity contribution in [3.8, 4) is 22.3 Å². The molecule has 40 heavy (non-hydrogen) atoms. The van der Waals surface area contributed by atoms with Gasteiger partial charge in [0.05, 0.1) is 0 Å². The molecule has 5 aromatic rings. The second-order valence-electron chi connectivity index (χ2n) is 10.6. The van der Waals surface area contributed by atoms with Crippen LogP contribution in [-0.2, 0) is 12.8 Å². The molecule has 0 fully saturated rings. The summed E-state index contributed by atoms with van der Waals surface area (Å²) in [5.74, 6) is 0. The highest BCUT2D eigenvalue weighted by atomic mass is 14.9. The highest BCUT2D eigenvalue weighted by molar-refractivity contribution is 5.75. The van der Waals surface area contributed by atoms with E-state index in [2.05, 4.69) is 146 Å². The largest absolute Gasteiger partial charge is 0.356 e. The van der Waals surface area contributed by atoms with Gasteiger partial charge in [-0.3, -0.25) is 0 Å². The lowest BCUT2D eigenvalue weighted by Gasteiger charge is -2.11. The third-order valence-corrected chi connectivity index (χ3v) is 7.42. The van der Waals surface area contributed by atoms with Crippen molar-refractivity contribution in [3.05, 3.63) is 132 Å². The van der Waals surface area contributed by atoms with E-state index in [-0.39, 0.29) is 0 Å². The third-order valence-electron chi connectivity index (χ3n) is 7.42. The van der Waals surface area contributed by atoms with Gasteiger partial charge in [-0.05, 0) is 114 Å². The first-order chi connectivity index (χ1) is 19.7. The molecule has 0 atom stereocenters. The molecule has 0 amide bonds. The molecule has 0 spiro atoms. The van der Waals surface area contributed by atoms with Gasteiger partial charge < -0.3 is 10.6 Å². The second kappa shape index (κ2) is 13.7. The van der Waals surface area contributed by atoms with Crippen molar-refractivity contribution in [1.29, 1.82) is 0 Å². The lowest BCUT2D eigenvalue weighted by atomic mass is 9.99. The average Bonchev–Trinajstić information content (AvgIpc) is 3.01. The molecule has 0 heterocycles. The molecular formula is C38H40N2. The van der Waals surface area contributed by atoms with Crippen molar-refractivity contribution < 1.29 is 0 Å². The van der Waals surface area contributed by atoms with Crippen LogP contribution >= 0.6 is 0 Å². The molecule has 0 saturated heterocycles. The van der Waals surface area contributed by atoms with Crippen LogP contribution in [-0.4, -0.2) is 0 Å². The molecule has 2 heteroatoms. The summed E-state index contributed by atoms with van der Waals surface area (Å²) < 4.78 is 0. The molecule has 2 N–H and O–H groups in total. The number of nitrogens with one attached hydrogen (secondary N) is 2. The highest BCUT2D eigenvalue weighted by Crippen LogP contribution is 2.29. The van der Waals surface area contributed by atoms with Crippen LogP contribution < -0.4 is 10.6 Å². The molecule has 0 aromatic heterocycles. The van der Waals surface area contributed by atoms with Gasteiger partial charge in [-0.2, -0.15) is 0 Å². The van der Waals surface area contributed by atoms with Gasteiger partial charge in [0.25, 0.3) is 0 Å². The molecule has 202 valence electrons. The van der Waals surface area contributed by atoms with Crippen LogP contribution in [0.2, 0.25) is 0 Å². The Morgan fingerprint density at radius 1 is 0.400 bits per heavy atom. The van der Waals surface area contributed by atoms with Crippen molar-refractivity contribution in [2.75, 3.05) is 10.6 Å². The Morgan fingerprint density at radius 2 is 0.750 bits per heavy atom. The van der Waals surface area contributed by atoms with Crippen LogP contribution in [0.25, 0.3) is 22.3 Å². The van der Waals surface area contributed by atoms with Crippen molar-refractivity contribution in [1.82, 2.24) is 0 Å². The monoisotopic (exact) mass is 524 g/mol. The fraction of sp³-hybridized carbons (Fsp3) is 0.211. The van der Waals surface area contributed by atoms with Gasteiger partial charge in [0.2, 0.25) is 0 Å². The van der Waals surface area contributed by atoms with Crippen LogP contribution in [0.4, 0.5) is 22.7 Å². The molecule has 5 rings (SSSR count). The second-order valence-corrected chi connectivity index (χ2v) is 10.6. The maximum atomic E-state index is 3.53. The van der Waals surface area contributed by atoms with E-state index in [9.17, 15) is 0 Å². The summed E-state index contributed by atoms with van der Waals surface area (Å²) in [5, 5.41) is 7.06. The van der Waals surface area contributed by atoms with E-state index in [0.717, 1.165) is 35.6 Å². The average molecular weight is 525 g/mol. The van der Waals surface area contributed by atoms with Crippen LogP contribution in [0, 0.1) is 0 Å². The molecule has 5 aromatic carbocycles. The van der Waals surface area contributed by atoms with Crippen LogP contribution in [0.1, 0.15) is 50.7 Å². The Hall–Kier alpha value is -4.30. The van der Waals surface area contributed by atoms with Crippen molar-refractivity contribution in [3.63, 3.8) is 0 Å². The molecule has 0 unspecified atom stereocenters. The number of rotatable bonds is 12. The Labute approximate surface area is 240 Å². The van der Waals surface area contributed by atoms with Gasteiger partial charge in [-0.15, -0.1) is 0 Å². The Balaban J connectivity index is 1.21. The summed E-state index contributed by atoms with van der Waals surface area (Å²) in [6.07, 6.45) is 7.25. The van der Waals surface area contributed by atoms with Gasteiger partial charge in [0, 0.05) is 22.7 Å². The van der Waals surface area contributed by atoms with Crippen molar-refractivity contribution in [2.24, 2.45) is 0 Å². The first kappa shape index (κ1) is 27.3. The van der Waals surface area contributed by atoms with Crippen LogP contribution in [0.5, 0.6) is 0 Å². The minimum atomic E-state index is 1.10. The standard InChI is InChI=1S/C38H40N2/c1-3-5-8-29-12-20-35(21-13-29)39-37-24-16-31(17-25-37)33-10-7-11-34(28-33)32-18-26-38(27-19-32)40-36-22-14-30(15-23-36)9-6-4-2/h7,10-28,39-40H,3-6,8-9H2,1-2H3. The number of hydrogen-bond donors (Lipinski definition) is 2. The summed E-state index contributed by atoms with van der Waals surface area (Å²) in [6.45, 7) is 4.47. The number of aryl methyl sites for hydroxylation is 2. The molecule has 0 saturated carbocycles. The topological polar surface area (TPSA) is 24.1 Å². The van der Waals surface area contributed by atoms with E-state index in [1.165, 1.54) is 59.1 Å². The number of hydrogen-bond acceptors (Lipinski definition) is 2. The van der Waals surface area contributed by atoms with E-state index in [4.69, 9.17) is 0 Å². The third kappa shape index (κ3) is 7.42. The SMILES string of the molecule is CCCCc1ccc(Nc2ccc(-c3cccc(-c4ccc(Nc5ccc(CCCC)cc5)cc4)c3)cc2)cc1. The molecule has 0 aliphatic heterocycles. The zero-order valence-electron chi connectivity index (χ0n) is 23.8. The van der Waals surface area contributed by atoms with E-state index >= 15 is 0 Å². The summed E-state index contributed by atoms with van der Waals surface area (Å²) in [4.78, 5) is 0. The quantitative estimate of drug-likeness (QED) is 0.170. The number of anilines is 4. The normalized spacial score (nSPS) is 10.8. The molecule has 2 nitrogen and oxygen atoms in total. The Morgan fingerprint density at radius 3 is 1.10 bits per heavy atom. The van der Waals surface area contributed by atoms with Gasteiger partial charge >= 0.3 is 0 Å². The molecule has 0 bridgehead atoms. The summed E-state index contributed by atoms with van der Waals surface area (Å²) in [5.41, 5.74) is 12.1.